The van der Waals surface area contributed by atoms with E-state index in [1.54, 1.807) is 0 Å². The van der Waals surface area contributed by atoms with Gasteiger partial charge in [-0.1, -0.05) is 81.8 Å². The van der Waals surface area contributed by atoms with E-state index in [0.29, 0.717) is 35.4 Å². The fourth-order valence-electron chi connectivity index (χ4n) is 3.89. The third-order valence-corrected chi connectivity index (χ3v) is 5.45. The molecule has 1 atom stereocenters. The Morgan fingerprint density at radius 3 is 1.74 bits per heavy atom. The molecule has 1 unspecified atom stereocenters. The minimum absolute atomic E-state index is 0.558. The molecule has 7 heteroatoms. The average Bonchev–Trinajstić information content (AvgIpc) is 2.78. The van der Waals surface area contributed by atoms with E-state index in [0.717, 1.165) is 37.2 Å². The van der Waals surface area contributed by atoms with Crippen molar-refractivity contribution in [3.63, 3.8) is 0 Å². The maximum atomic E-state index is 11.7. The maximum Gasteiger partial charge on any atom is 0.328 e. The Morgan fingerprint density at radius 1 is 0.857 bits per heavy atom. The number of hydrogen-bond acceptors (Lipinski definition) is 4. The summed E-state index contributed by atoms with van der Waals surface area (Å²) in [6.07, 6.45) is 2.74. The van der Waals surface area contributed by atoms with Gasteiger partial charge >= 0.3 is 11.9 Å². The van der Waals surface area contributed by atoms with Crippen molar-refractivity contribution in [2.75, 3.05) is 19.6 Å². The van der Waals surface area contributed by atoms with Crippen molar-refractivity contribution in [2.45, 2.75) is 46.1 Å². The Balaban J connectivity index is 0.000000658. The van der Waals surface area contributed by atoms with Crippen molar-refractivity contribution in [1.82, 2.24) is 4.90 Å². The molecular weight excluding hydrogens is 466 g/mol. The highest BCUT2D eigenvalue weighted by Crippen LogP contribution is 2.34. The van der Waals surface area contributed by atoms with Crippen LogP contribution < -0.4 is 0 Å². The lowest BCUT2D eigenvalue weighted by molar-refractivity contribution is -0.134. The maximum absolute atomic E-state index is 11.7. The molecule has 0 aromatic heterocycles. The van der Waals surface area contributed by atoms with E-state index in [9.17, 15) is 14.7 Å². The quantitative estimate of drug-likeness (QED) is 0.322. The van der Waals surface area contributed by atoms with Crippen LogP contribution in [0.3, 0.4) is 0 Å². The third kappa shape index (κ3) is 12.0. The summed E-state index contributed by atoms with van der Waals surface area (Å²) in [6.45, 7) is 12.3. The van der Waals surface area contributed by atoms with E-state index in [1.807, 2.05) is 54.6 Å². The predicted octanol–water partition coefficient (Wildman–Crippen LogP) is 5.68. The minimum atomic E-state index is -1.26. The topological polar surface area (TPSA) is 98.1 Å². The van der Waals surface area contributed by atoms with Crippen molar-refractivity contribution >= 4 is 23.5 Å². The molecule has 35 heavy (non-hydrogen) atoms. The second kappa shape index (κ2) is 15.4. The summed E-state index contributed by atoms with van der Waals surface area (Å²) in [4.78, 5) is 21.6. The molecule has 0 amide bonds. The second-order valence-electron chi connectivity index (χ2n) is 9.39. The molecule has 0 radical (unpaired) electrons. The average molecular weight is 504 g/mol. The first-order chi connectivity index (χ1) is 16.4. The van der Waals surface area contributed by atoms with Crippen LogP contribution in [-0.4, -0.2) is 51.8 Å². The predicted molar refractivity (Wildman–Crippen MR) is 141 cm³/mol. The van der Waals surface area contributed by atoms with Gasteiger partial charge in [-0.25, -0.2) is 9.59 Å². The highest BCUT2D eigenvalue weighted by molar-refractivity contribution is 6.30. The van der Waals surface area contributed by atoms with Crippen LogP contribution in [0, 0.1) is 11.8 Å². The Bertz CT molecular complexity index is 902. The first-order valence-electron chi connectivity index (χ1n) is 11.8. The summed E-state index contributed by atoms with van der Waals surface area (Å²) < 4.78 is 0. The van der Waals surface area contributed by atoms with Gasteiger partial charge in [0, 0.05) is 30.3 Å². The number of aliphatic hydroxyl groups is 1. The normalized spacial score (nSPS) is 13.1. The standard InChI is InChI=1S/C24H34ClNO.C4H4O4/c1-19(2)17-26(18-20(3)4)16-8-15-24(27,21-9-6-5-7-10-21)22-11-13-23(25)14-12-22;5-3(6)1-2-4(7)8/h5-7,9-14,19-20,27H,8,15-18H2,1-4H3;1-2H,(H,5,6)(H,7,8)/b;2-1-. The molecule has 3 N–H and O–H groups in total. The van der Waals surface area contributed by atoms with Crippen LogP contribution in [-0.2, 0) is 15.2 Å². The molecule has 0 saturated carbocycles. The molecular formula is C28H38ClNO5. The van der Waals surface area contributed by atoms with Gasteiger partial charge in [0.1, 0.15) is 5.60 Å². The summed E-state index contributed by atoms with van der Waals surface area (Å²) in [6, 6.07) is 17.6. The third-order valence-electron chi connectivity index (χ3n) is 5.20. The molecule has 2 aromatic rings. The highest BCUT2D eigenvalue weighted by Gasteiger charge is 2.31. The summed E-state index contributed by atoms with van der Waals surface area (Å²) in [5, 5.41) is 28.0. The van der Waals surface area contributed by atoms with E-state index in [2.05, 4.69) is 32.6 Å². The first kappa shape index (κ1) is 30.4. The van der Waals surface area contributed by atoms with Crippen LogP contribution >= 0.6 is 11.6 Å². The summed E-state index contributed by atoms with van der Waals surface area (Å²) in [5.41, 5.74) is 0.844. The van der Waals surface area contributed by atoms with Crippen LogP contribution in [0.1, 0.15) is 51.7 Å². The van der Waals surface area contributed by atoms with Gasteiger partial charge in [0.25, 0.3) is 0 Å². The van der Waals surface area contributed by atoms with Crippen LogP contribution in [0.4, 0.5) is 0 Å². The zero-order valence-corrected chi connectivity index (χ0v) is 21.8. The smallest absolute Gasteiger partial charge is 0.328 e. The van der Waals surface area contributed by atoms with Gasteiger partial charge in [0.15, 0.2) is 0 Å². The molecule has 6 nitrogen and oxygen atoms in total. The molecule has 2 rings (SSSR count). The summed E-state index contributed by atoms with van der Waals surface area (Å²) >= 11 is 6.06. The SMILES string of the molecule is CC(C)CN(CCCC(O)(c1ccccc1)c1ccc(Cl)cc1)CC(C)C.O=C(O)/C=C\C(=O)O. The molecule has 0 spiro atoms. The zero-order valence-electron chi connectivity index (χ0n) is 21.0. The molecule has 0 heterocycles. The van der Waals surface area contributed by atoms with E-state index >= 15 is 0 Å². The number of carboxylic acid groups (broad SMARTS) is 2. The Labute approximate surface area is 213 Å². The van der Waals surface area contributed by atoms with Gasteiger partial charge in [0.05, 0.1) is 0 Å². The molecule has 0 aliphatic carbocycles. The van der Waals surface area contributed by atoms with Crippen molar-refractivity contribution in [1.29, 1.82) is 0 Å². The number of hydrogen-bond donors (Lipinski definition) is 3. The number of rotatable bonds is 12. The molecule has 2 aromatic carbocycles. The van der Waals surface area contributed by atoms with Gasteiger partial charge in [-0.15, -0.1) is 0 Å². The van der Waals surface area contributed by atoms with E-state index < -0.39 is 17.5 Å². The van der Waals surface area contributed by atoms with Gasteiger partial charge in [-0.2, -0.15) is 0 Å². The van der Waals surface area contributed by atoms with E-state index in [-0.39, 0.29) is 0 Å². The lowest BCUT2D eigenvalue weighted by atomic mass is 9.82. The van der Waals surface area contributed by atoms with Crippen molar-refractivity contribution in [2.24, 2.45) is 11.8 Å². The molecule has 0 bridgehead atoms. The Hall–Kier alpha value is -2.67. The Kier molecular flexibility index (Phi) is 13.3. The van der Waals surface area contributed by atoms with Crippen LogP contribution in [0.25, 0.3) is 0 Å². The lowest BCUT2D eigenvalue weighted by Crippen LogP contribution is -2.34. The summed E-state index contributed by atoms with van der Waals surface area (Å²) in [5.74, 6) is -1.22. The largest absolute Gasteiger partial charge is 0.478 e. The molecule has 0 aliphatic rings. The number of aliphatic carboxylic acids is 2. The Morgan fingerprint density at radius 2 is 1.31 bits per heavy atom. The highest BCUT2D eigenvalue weighted by atomic mass is 35.5. The van der Waals surface area contributed by atoms with E-state index in [4.69, 9.17) is 21.8 Å². The first-order valence-corrected chi connectivity index (χ1v) is 12.2. The fourth-order valence-corrected chi connectivity index (χ4v) is 4.01. The molecule has 0 aliphatic heterocycles. The number of carboxylic acids is 2. The van der Waals surface area contributed by atoms with Gasteiger partial charge in [-0.3, -0.25) is 0 Å². The van der Waals surface area contributed by atoms with E-state index in [1.165, 1.54) is 0 Å². The number of benzene rings is 2. The molecule has 0 saturated heterocycles. The number of carbonyl (C=O) groups is 2. The molecule has 192 valence electrons. The van der Waals surface area contributed by atoms with Crippen LogP contribution in [0.2, 0.25) is 5.02 Å². The number of nitrogens with zero attached hydrogens (tertiary/aromatic N) is 1. The number of halogens is 1. The second-order valence-corrected chi connectivity index (χ2v) is 9.83. The van der Waals surface area contributed by atoms with Gasteiger partial charge < -0.3 is 20.2 Å². The van der Waals surface area contributed by atoms with Gasteiger partial charge in [-0.05, 0) is 54.5 Å². The monoisotopic (exact) mass is 503 g/mol. The van der Waals surface area contributed by atoms with Crippen molar-refractivity contribution in [3.05, 3.63) is 82.9 Å². The lowest BCUT2D eigenvalue weighted by Gasteiger charge is -2.32. The minimum Gasteiger partial charge on any atom is -0.478 e. The van der Waals surface area contributed by atoms with Crippen LogP contribution in [0.15, 0.2) is 66.7 Å². The van der Waals surface area contributed by atoms with Crippen molar-refractivity contribution < 1.29 is 24.9 Å². The van der Waals surface area contributed by atoms with Crippen LogP contribution in [0.5, 0.6) is 0 Å². The molecule has 0 fully saturated rings. The fraction of sp³-hybridized carbons (Fsp3) is 0.429. The summed E-state index contributed by atoms with van der Waals surface area (Å²) in [7, 11) is 0. The zero-order chi connectivity index (χ0) is 26.4. The van der Waals surface area contributed by atoms with Gasteiger partial charge in [0.2, 0.25) is 0 Å². The van der Waals surface area contributed by atoms with Crippen molar-refractivity contribution in [3.8, 4) is 0 Å².